The number of carbonyl (C=O) groups excluding carboxylic acids is 3. The molecule has 3 amide bonds. The number of ether oxygens (including phenoxy) is 1. The van der Waals surface area contributed by atoms with Crippen molar-refractivity contribution in [3.05, 3.63) is 53.1 Å². The summed E-state index contributed by atoms with van der Waals surface area (Å²) < 4.78 is 6.51. The summed E-state index contributed by atoms with van der Waals surface area (Å²) in [6, 6.07) is 6.17. The molecule has 8 unspecified atom stereocenters. The highest BCUT2D eigenvalue weighted by atomic mass is 35.5. The van der Waals surface area contributed by atoms with Gasteiger partial charge < -0.3 is 20.3 Å². The molecule has 1 aromatic carbocycles. The van der Waals surface area contributed by atoms with E-state index in [1.54, 1.807) is 29.2 Å². The highest BCUT2D eigenvalue weighted by molar-refractivity contribution is 6.30. The van der Waals surface area contributed by atoms with E-state index in [4.69, 9.17) is 16.3 Å². The largest absolute Gasteiger partial charge is 0.359 e. The monoisotopic (exact) mass is 565 g/mol. The molecule has 6 rings (SSSR count). The van der Waals surface area contributed by atoms with Crippen molar-refractivity contribution in [2.24, 2.45) is 23.7 Å². The summed E-state index contributed by atoms with van der Waals surface area (Å²) in [4.78, 5) is 43.7. The molecule has 40 heavy (non-hydrogen) atoms. The molecule has 2 aliphatic carbocycles. The van der Waals surface area contributed by atoms with Gasteiger partial charge in [-0.1, -0.05) is 62.1 Å². The van der Waals surface area contributed by atoms with Gasteiger partial charge in [-0.3, -0.25) is 14.4 Å². The Morgan fingerprint density at radius 1 is 1.10 bits per heavy atom. The molecule has 3 aliphatic heterocycles. The molecule has 3 heterocycles. The first-order valence-electron chi connectivity index (χ1n) is 15.0. The van der Waals surface area contributed by atoms with E-state index in [2.05, 4.69) is 30.6 Å². The van der Waals surface area contributed by atoms with E-state index in [0.717, 1.165) is 38.5 Å². The number of anilines is 1. The van der Waals surface area contributed by atoms with Crippen LogP contribution in [0.5, 0.6) is 0 Å². The van der Waals surface area contributed by atoms with Gasteiger partial charge in [0.1, 0.15) is 11.6 Å². The first-order valence-corrected chi connectivity index (χ1v) is 15.4. The zero-order valence-corrected chi connectivity index (χ0v) is 24.2. The number of nitrogens with one attached hydrogen (secondary N) is 2. The van der Waals surface area contributed by atoms with Crippen LogP contribution in [0.2, 0.25) is 5.02 Å². The highest BCUT2D eigenvalue weighted by Crippen LogP contribution is 2.55. The maximum atomic E-state index is 14.2. The number of nitrogens with zero attached hydrogens (tertiary/aromatic N) is 1. The van der Waals surface area contributed by atoms with Crippen molar-refractivity contribution in [2.75, 3.05) is 11.9 Å². The van der Waals surface area contributed by atoms with Crippen LogP contribution in [0.1, 0.15) is 65.2 Å². The molecule has 5 aliphatic rings. The van der Waals surface area contributed by atoms with Gasteiger partial charge in [0, 0.05) is 23.3 Å². The molecule has 8 heteroatoms. The van der Waals surface area contributed by atoms with Crippen LogP contribution < -0.4 is 10.6 Å². The van der Waals surface area contributed by atoms with Gasteiger partial charge in [-0.25, -0.2) is 0 Å². The number of carbonyl (C=O) groups is 3. The third-order valence-corrected chi connectivity index (χ3v) is 10.4. The first-order chi connectivity index (χ1) is 19.3. The number of hydrogen-bond acceptors (Lipinski definition) is 4. The molecule has 1 spiro atoms. The SMILES string of the molecule is CC1CCCC(NC(=O)C2N(CCC3=CCCCC3)C(=O)C3C(C(=O)Nc4ccc(Cl)cc4)C4C=CC32O4)C1C. The van der Waals surface area contributed by atoms with E-state index in [0.29, 0.717) is 29.1 Å². The predicted octanol–water partition coefficient (Wildman–Crippen LogP) is 5.26. The van der Waals surface area contributed by atoms with Crippen molar-refractivity contribution in [2.45, 2.75) is 89.0 Å². The molecule has 1 aromatic rings. The van der Waals surface area contributed by atoms with Crippen molar-refractivity contribution >= 4 is 35.0 Å². The maximum absolute atomic E-state index is 14.2. The van der Waals surface area contributed by atoms with E-state index in [9.17, 15) is 14.4 Å². The van der Waals surface area contributed by atoms with Crippen LogP contribution in [0.15, 0.2) is 48.1 Å². The van der Waals surface area contributed by atoms with E-state index in [1.807, 2.05) is 12.2 Å². The molecule has 2 saturated heterocycles. The molecular weight excluding hydrogens is 526 g/mol. The normalized spacial score (nSPS) is 36.4. The van der Waals surface area contributed by atoms with Gasteiger partial charge >= 0.3 is 0 Å². The quantitative estimate of drug-likeness (QED) is 0.441. The number of likely N-dealkylation sites (tertiary alicyclic amines) is 1. The Kier molecular flexibility index (Phi) is 7.55. The molecule has 2 N–H and O–H groups in total. The summed E-state index contributed by atoms with van der Waals surface area (Å²) in [6.45, 7) is 4.90. The van der Waals surface area contributed by atoms with E-state index in [-0.39, 0.29) is 23.8 Å². The minimum Gasteiger partial charge on any atom is -0.359 e. The van der Waals surface area contributed by atoms with Crippen molar-refractivity contribution in [3.8, 4) is 0 Å². The van der Waals surface area contributed by atoms with Gasteiger partial charge in [0.05, 0.1) is 17.9 Å². The van der Waals surface area contributed by atoms with Gasteiger partial charge in [0.2, 0.25) is 17.7 Å². The Hall–Kier alpha value is -2.64. The molecule has 3 fully saturated rings. The Morgan fingerprint density at radius 3 is 2.65 bits per heavy atom. The lowest BCUT2D eigenvalue weighted by molar-refractivity contribution is -0.141. The molecule has 2 bridgehead atoms. The molecule has 8 atom stereocenters. The van der Waals surface area contributed by atoms with Gasteiger partial charge in [-0.15, -0.1) is 0 Å². The Bertz CT molecular complexity index is 1230. The molecule has 0 radical (unpaired) electrons. The number of benzene rings is 1. The van der Waals surface area contributed by atoms with E-state index in [1.165, 1.54) is 18.4 Å². The third-order valence-electron chi connectivity index (χ3n) is 10.1. The third kappa shape index (κ3) is 4.79. The topological polar surface area (TPSA) is 87.7 Å². The number of amides is 3. The van der Waals surface area contributed by atoms with Crippen molar-refractivity contribution < 1.29 is 19.1 Å². The maximum Gasteiger partial charge on any atom is 0.246 e. The Labute approximate surface area is 241 Å². The fourth-order valence-corrected chi connectivity index (χ4v) is 7.84. The number of hydrogen-bond donors (Lipinski definition) is 2. The number of allylic oxidation sites excluding steroid dienone is 1. The van der Waals surface area contributed by atoms with Crippen LogP contribution in [0.3, 0.4) is 0 Å². The summed E-state index contributed by atoms with van der Waals surface area (Å²) in [5.41, 5.74) is 0.815. The summed E-state index contributed by atoms with van der Waals surface area (Å²) in [5, 5.41) is 6.86. The average Bonchev–Trinajstić information content (AvgIpc) is 3.59. The zero-order valence-electron chi connectivity index (χ0n) is 23.4. The average molecular weight is 566 g/mol. The summed E-state index contributed by atoms with van der Waals surface area (Å²) >= 11 is 6.02. The summed E-state index contributed by atoms with van der Waals surface area (Å²) in [5.74, 6) is -1.16. The summed E-state index contributed by atoms with van der Waals surface area (Å²) in [6.07, 6.45) is 13.9. The van der Waals surface area contributed by atoms with Crippen LogP contribution >= 0.6 is 11.6 Å². The van der Waals surface area contributed by atoms with Crippen molar-refractivity contribution in [3.63, 3.8) is 0 Å². The molecule has 7 nitrogen and oxygen atoms in total. The molecule has 1 saturated carbocycles. The highest BCUT2D eigenvalue weighted by Gasteiger charge is 2.72. The number of rotatable bonds is 7. The first kappa shape index (κ1) is 27.5. The Morgan fingerprint density at radius 2 is 1.90 bits per heavy atom. The second-order valence-corrected chi connectivity index (χ2v) is 12.9. The lowest BCUT2D eigenvalue weighted by Crippen LogP contribution is -2.58. The molecule has 0 aromatic heterocycles. The van der Waals surface area contributed by atoms with Crippen LogP contribution in [-0.2, 0) is 19.1 Å². The van der Waals surface area contributed by atoms with E-state index < -0.39 is 29.6 Å². The second-order valence-electron chi connectivity index (χ2n) is 12.5. The molecule has 214 valence electrons. The van der Waals surface area contributed by atoms with Crippen molar-refractivity contribution in [1.29, 1.82) is 0 Å². The van der Waals surface area contributed by atoms with Crippen LogP contribution in [-0.4, -0.2) is 53.0 Å². The van der Waals surface area contributed by atoms with Crippen molar-refractivity contribution in [1.82, 2.24) is 10.2 Å². The fraction of sp³-hybridized carbons (Fsp3) is 0.594. The lowest BCUT2D eigenvalue weighted by atomic mass is 9.73. The van der Waals surface area contributed by atoms with Gasteiger partial charge in [0.25, 0.3) is 0 Å². The van der Waals surface area contributed by atoms with Gasteiger partial charge in [0.15, 0.2) is 0 Å². The van der Waals surface area contributed by atoms with Crippen LogP contribution in [0.25, 0.3) is 0 Å². The smallest absolute Gasteiger partial charge is 0.246 e. The standard InChI is InChI=1S/C32H40ClN3O4/c1-19-7-6-10-24(20(19)2)35-30(38)28-32-17-15-25(40-32)26(29(37)34-23-13-11-22(33)12-14-23)27(32)31(39)36(28)18-16-21-8-4-3-5-9-21/h8,11-15,17,19-20,24-28H,3-7,9-10,16,18H2,1-2H3,(H,34,37)(H,35,38). The van der Waals surface area contributed by atoms with Crippen LogP contribution in [0, 0.1) is 23.7 Å². The molecular formula is C32H40ClN3O4. The number of fused-ring (bicyclic) bond motifs is 1. The predicted molar refractivity (Wildman–Crippen MR) is 155 cm³/mol. The van der Waals surface area contributed by atoms with Gasteiger partial charge in [-0.05, 0) is 74.6 Å². The lowest BCUT2D eigenvalue weighted by Gasteiger charge is -2.38. The fourth-order valence-electron chi connectivity index (χ4n) is 7.71. The van der Waals surface area contributed by atoms with E-state index >= 15 is 0 Å². The summed E-state index contributed by atoms with van der Waals surface area (Å²) in [7, 11) is 0. The number of halogens is 1. The van der Waals surface area contributed by atoms with Crippen LogP contribution in [0.4, 0.5) is 5.69 Å². The van der Waals surface area contributed by atoms with Gasteiger partial charge in [-0.2, -0.15) is 0 Å². The minimum absolute atomic E-state index is 0.0660. The second kappa shape index (κ2) is 11.0. The zero-order chi connectivity index (χ0) is 28.0. The Balaban J connectivity index is 1.28. The minimum atomic E-state index is -1.14.